The molecule has 0 aliphatic rings. The molecule has 0 aliphatic carbocycles. The summed E-state index contributed by atoms with van der Waals surface area (Å²) in [4.78, 5) is 15.8. The van der Waals surface area contributed by atoms with E-state index < -0.39 is 0 Å². The number of amides is 1. The summed E-state index contributed by atoms with van der Waals surface area (Å²) in [5.41, 5.74) is 6.42. The zero-order valence-electron chi connectivity index (χ0n) is 10.6. The topological polar surface area (TPSA) is 68.0 Å². The Kier molecular flexibility index (Phi) is 11.7. The van der Waals surface area contributed by atoms with Gasteiger partial charge in [0.05, 0.1) is 12.2 Å². The van der Waals surface area contributed by atoms with Crippen LogP contribution in [0.2, 0.25) is 0 Å². The maximum absolute atomic E-state index is 11.3. The number of rotatable bonds is 6. The minimum absolute atomic E-state index is 0. The molecule has 18 heavy (non-hydrogen) atoms. The number of hydrogen-bond acceptors (Lipinski definition) is 4. The molecule has 1 aromatic heterocycles. The van der Waals surface area contributed by atoms with E-state index in [-0.39, 0.29) is 30.7 Å². The molecule has 0 unspecified atom stereocenters. The third kappa shape index (κ3) is 7.16. The number of carbonyl (C=O) groups is 1. The molecule has 106 valence electrons. The van der Waals surface area contributed by atoms with Crippen LogP contribution in [-0.2, 0) is 11.3 Å². The summed E-state index contributed by atoms with van der Waals surface area (Å²) in [6, 6.07) is 0. The van der Waals surface area contributed by atoms with E-state index in [0.29, 0.717) is 25.4 Å². The van der Waals surface area contributed by atoms with Crippen LogP contribution in [0.25, 0.3) is 0 Å². The average Bonchev–Trinajstić information content (AvgIpc) is 2.72. The molecule has 0 aliphatic heterocycles. The van der Waals surface area contributed by atoms with Crippen molar-refractivity contribution in [2.45, 2.75) is 39.2 Å². The minimum Gasteiger partial charge on any atom is -0.350 e. The van der Waals surface area contributed by atoms with Crippen molar-refractivity contribution in [1.29, 1.82) is 0 Å². The zero-order valence-corrected chi connectivity index (χ0v) is 13.1. The first-order valence-electron chi connectivity index (χ1n) is 5.54. The lowest BCUT2D eigenvalue weighted by molar-refractivity contribution is -0.121. The standard InChI is InChI=1S/C11H19N3OS.2ClH/c1-8(2)9-7-16-11(14-9)6-13-10(15)4-3-5-12;;/h7-8H,3-6,12H2,1-2H3,(H,13,15);2*1H. The first-order chi connectivity index (χ1) is 7.63. The van der Waals surface area contributed by atoms with Crippen molar-refractivity contribution in [3.8, 4) is 0 Å². The van der Waals surface area contributed by atoms with E-state index in [9.17, 15) is 4.79 Å². The molecule has 0 fully saturated rings. The number of halogens is 2. The van der Waals surface area contributed by atoms with Crippen LogP contribution in [0.15, 0.2) is 5.38 Å². The lowest BCUT2D eigenvalue weighted by atomic mass is 10.2. The SMILES string of the molecule is CC(C)c1csc(CNC(=O)CCCN)n1.Cl.Cl. The molecule has 7 heteroatoms. The van der Waals surface area contributed by atoms with E-state index >= 15 is 0 Å². The Morgan fingerprint density at radius 1 is 1.50 bits per heavy atom. The highest BCUT2D eigenvalue weighted by molar-refractivity contribution is 7.09. The lowest BCUT2D eigenvalue weighted by Gasteiger charge is -2.02. The van der Waals surface area contributed by atoms with Gasteiger partial charge in [-0.25, -0.2) is 4.98 Å². The Hall–Kier alpha value is -0.360. The summed E-state index contributed by atoms with van der Waals surface area (Å²) in [6.45, 7) is 5.31. The molecule has 4 nitrogen and oxygen atoms in total. The van der Waals surface area contributed by atoms with E-state index in [4.69, 9.17) is 5.73 Å². The molecule has 0 radical (unpaired) electrons. The first-order valence-corrected chi connectivity index (χ1v) is 6.42. The highest BCUT2D eigenvalue weighted by Gasteiger charge is 2.06. The highest BCUT2D eigenvalue weighted by Crippen LogP contribution is 2.17. The predicted molar refractivity (Wildman–Crippen MR) is 80.8 cm³/mol. The fourth-order valence-electron chi connectivity index (χ4n) is 1.20. The van der Waals surface area contributed by atoms with E-state index in [1.807, 2.05) is 5.38 Å². The molecule has 0 saturated carbocycles. The van der Waals surface area contributed by atoms with E-state index in [0.717, 1.165) is 17.1 Å². The van der Waals surface area contributed by atoms with Crippen LogP contribution in [0.4, 0.5) is 0 Å². The summed E-state index contributed by atoms with van der Waals surface area (Å²) < 4.78 is 0. The van der Waals surface area contributed by atoms with Gasteiger partial charge in [-0.1, -0.05) is 13.8 Å². The van der Waals surface area contributed by atoms with Crippen molar-refractivity contribution < 1.29 is 4.79 Å². The van der Waals surface area contributed by atoms with Gasteiger partial charge in [-0.05, 0) is 18.9 Å². The van der Waals surface area contributed by atoms with Crippen molar-refractivity contribution >= 4 is 42.1 Å². The Balaban J connectivity index is 0. The maximum Gasteiger partial charge on any atom is 0.220 e. The second kappa shape index (κ2) is 10.6. The number of nitrogens with two attached hydrogens (primary N) is 1. The number of aromatic nitrogens is 1. The molecule has 1 amide bonds. The maximum atomic E-state index is 11.3. The van der Waals surface area contributed by atoms with Crippen molar-refractivity contribution in [2.24, 2.45) is 5.73 Å². The Bertz CT molecular complexity index is 345. The predicted octanol–water partition coefficient (Wildman–Crippen LogP) is 2.47. The van der Waals surface area contributed by atoms with Gasteiger partial charge in [0.1, 0.15) is 5.01 Å². The van der Waals surface area contributed by atoms with Gasteiger partial charge in [0.15, 0.2) is 0 Å². The van der Waals surface area contributed by atoms with Crippen molar-refractivity contribution in [2.75, 3.05) is 6.54 Å². The Morgan fingerprint density at radius 3 is 2.67 bits per heavy atom. The molecule has 0 saturated heterocycles. The van der Waals surface area contributed by atoms with Crippen LogP contribution in [0.3, 0.4) is 0 Å². The Morgan fingerprint density at radius 2 is 2.17 bits per heavy atom. The third-order valence-corrected chi connectivity index (χ3v) is 3.07. The van der Waals surface area contributed by atoms with Gasteiger partial charge in [0.25, 0.3) is 0 Å². The van der Waals surface area contributed by atoms with Crippen LogP contribution >= 0.6 is 36.2 Å². The molecule has 1 heterocycles. The van der Waals surface area contributed by atoms with Crippen LogP contribution in [0.1, 0.15) is 43.3 Å². The summed E-state index contributed by atoms with van der Waals surface area (Å²) in [5.74, 6) is 0.490. The summed E-state index contributed by atoms with van der Waals surface area (Å²) >= 11 is 1.59. The smallest absolute Gasteiger partial charge is 0.220 e. The van der Waals surface area contributed by atoms with E-state index in [2.05, 4.69) is 24.1 Å². The number of carbonyl (C=O) groups excluding carboxylic acids is 1. The van der Waals surface area contributed by atoms with Crippen molar-refractivity contribution in [3.05, 3.63) is 16.1 Å². The highest BCUT2D eigenvalue weighted by atomic mass is 35.5. The number of thiazole rings is 1. The normalized spacial score (nSPS) is 9.56. The second-order valence-electron chi connectivity index (χ2n) is 3.99. The second-order valence-corrected chi connectivity index (χ2v) is 4.93. The van der Waals surface area contributed by atoms with Gasteiger partial charge in [-0.2, -0.15) is 0 Å². The van der Waals surface area contributed by atoms with Gasteiger partial charge in [-0.3, -0.25) is 4.79 Å². The number of nitrogens with zero attached hydrogens (tertiary/aromatic N) is 1. The molecule has 1 rings (SSSR count). The van der Waals surface area contributed by atoms with Gasteiger partial charge >= 0.3 is 0 Å². The average molecular weight is 314 g/mol. The fourth-order valence-corrected chi connectivity index (χ4v) is 2.09. The molecular formula is C11H21Cl2N3OS. The Labute approximate surface area is 125 Å². The molecule has 0 aromatic carbocycles. The summed E-state index contributed by atoms with van der Waals surface area (Å²) in [7, 11) is 0. The van der Waals surface area contributed by atoms with Gasteiger partial charge in [0, 0.05) is 11.8 Å². The van der Waals surface area contributed by atoms with Crippen molar-refractivity contribution in [1.82, 2.24) is 10.3 Å². The summed E-state index contributed by atoms with van der Waals surface area (Å²) in [5, 5.41) is 5.85. The number of hydrogen-bond donors (Lipinski definition) is 2. The zero-order chi connectivity index (χ0) is 12.0. The van der Waals surface area contributed by atoms with Crippen LogP contribution in [0.5, 0.6) is 0 Å². The minimum atomic E-state index is 0. The first kappa shape index (κ1) is 20.0. The molecular weight excluding hydrogens is 293 g/mol. The van der Waals surface area contributed by atoms with Crippen molar-refractivity contribution in [3.63, 3.8) is 0 Å². The van der Waals surface area contributed by atoms with Crippen LogP contribution in [-0.4, -0.2) is 17.4 Å². The van der Waals surface area contributed by atoms with Crippen LogP contribution < -0.4 is 11.1 Å². The van der Waals surface area contributed by atoms with Gasteiger partial charge in [0.2, 0.25) is 5.91 Å². The molecule has 0 spiro atoms. The molecule has 0 atom stereocenters. The van der Waals surface area contributed by atoms with E-state index in [1.165, 1.54) is 0 Å². The van der Waals surface area contributed by atoms with Gasteiger partial charge < -0.3 is 11.1 Å². The van der Waals surface area contributed by atoms with E-state index in [1.54, 1.807) is 11.3 Å². The summed E-state index contributed by atoms with van der Waals surface area (Å²) in [6.07, 6.45) is 1.24. The van der Waals surface area contributed by atoms with Gasteiger partial charge in [-0.15, -0.1) is 36.2 Å². The molecule has 0 bridgehead atoms. The molecule has 3 N–H and O–H groups in total. The molecule has 1 aromatic rings. The third-order valence-electron chi connectivity index (χ3n) is 2.21. The monoisotopic (exact) mass is 313 g/mol. The number of nitrogens with one attached hydrogen (secondary N) is 1. The fraction of sp³-hybridized carbons (Fsp3) is 0.636. The van der Waals surface area contributed by atoms with Crippen LogP contribution in [0, 0.1) is 0 Å². The lowest BCUT2D eigenvalue weighted by Crippen LogP contribution is -2.23. The quantitative estimate of drug-likeness (QED) is 0.847. The largest absolute Gasteiger partial charge is 0.350 e.